The zero-order valence-electron chi connectivity index (χ0n) is 12.3. The molecule has 0 fully saturated rings. The topological polar surface area (TPSA) is 52.3 Å². The van der Waals surface area contributed by atoms with Crippen molar-refractivity contribution in [1.29, 1.82) is 0 Å². The highest BCUT2D eigenvalue weighted by Gasteiger charge is 2.10. The van der Waals surface area contributed by atoms with Crippen LogP contribution in [0.1, 0.15) is 18.2 Å². The predicted molar refractivity (Wildman–Crippen MR) is 82.7 cm³/mol. The summed E-state index contributed by atoms with van der Waals surface area (Å²) in [5.74, 6) is 1.55. The molecule has 0 amide bonds. The van der Waals surface area contributed by atoms with E-state index in [9.17, 15) is 4.39 Å². The number of rotatable bonds is 5. The molecule has 2 aromatic heterocycles. The Morgan fingerprint density at radius 1 is 1.32 bits per heavy atom. The largest absolute Gasteiger partial charge is 0.496 e. The van der Waals surface area contributed by atoms with Crippen LogP contribution < -0.4 is 4.74 Å². The number of hydrogen-bond acceptors (Lipinski definition) is 5. The highest BCUT2D eigenvalue weighted by atomic mass is 32.2. The van der Waals surface area contributed by atoms with Gasteiger partial charge in [-0.05, 0) is 30.7 Å². The quantitative estimate of drug-likeness (QED) is 0.534. The van der Waals surface area contributed by atoms with Crippen molar-refractivity contribution < 1.29 is 9.13 Å². The first kappa shape index (κ1) is 14.8. The number of benzene rings is 1. The molecule has 5 nitrogen and oxygen atoms in total. The molecule has 0 aliphatic rings. The van der Waals surface area contributed by atoms with Gasteiger partial charge >= 0.3 is 0 Å². The van der Waals surface area contributed by atoms with Gasteiger partial charge in [-0.2, -0.15) is 14.6 Å². The van der Waals surface area contributed by atoms with E-state index in [1.165, 1.54) is 18.5 Å². The molecular weight excluding hydrogens is 303 g/mol. The molecule has 22 heavy (non-hydrogen) atoms. The summed E-state index contributed by atoms with van der Waals surface area (Å²) < 4.78 is 20.4. The van der Waals surface area contributed by atoms with Crippen LogP contribution in [0.25, 0.3) is 5.78 Å². The third-order valence-corrected chi connectivity index (χ3v) is 4.29. The Morgan fingerprint density at radius 2 is 2.18 bits per heavy atom. The van der Waals surface area contributed by atoms with Crippen LogP contribution >= 0.6 is 11.8 Å². The van der Waals surface area contributed by atoms with E-state index in [0.717, 1.165) is 22.7 Å². The molecule has 0 bridgehead atoms. The number of aromatic nitrogens is 4. The van der Waals surface area contributed by atoms with Gasteiger partial charge in [0.25, 0.3) is 5.78 Å². The van der Waals surface area contributed by atoms with Crippen molar-refractivity contribution in [2.24, 2.45) is 0 Å². The van der Waals surface area contributed by atoms with Gasteiger partial charge in [-0.1, -0.05) is 6.92 Å². The SMILES string of the molecule is CCc1cc(SCc2cc(F)ccc2OC)n2ncnc2n1. The zero-order valence-corrected chi connectivity index (χ0v) is 13.1. The minimum atomic E-state index is -0.272. The fourth-order valence-corrected chi connectivity index (χ4v) is 3.13. The van der Waals surface area contributed by atoms with Gasteiger partial charge in [0.15, 0.2) is 0 Å². The predicted octanol–water partition coefficient (Wildman–Crippen LogP) is 3.13. The standard InChI is InChI=1S/C15H15FN4OS/c1-3-12-7-14(20-15(19-12)17-9-18-20)22-8-10-6-11(16)4-5-13(10)21-2/h4-7,9H,3,8H2,1-2H3. The van der Waals surface area contributed by atoms with Crippen molar-refractivity contribution in [3.63, 3.8) is 0 Å². The van der Waals surface area contributed by atoms with Crippen LogP contribution in [-0.2, 0) is 12.2 Å². The normalized spacial score (nSPS) is 11.0. The van der Waals surface area contributed by atoms with Gasteiger partial charge in [0.05, 0.1) is 7.11 Å². The summed E-state index contributed by atoms with van der Waals surface area (Å²) in [6, 6.07) is 6.51. The van der Waals surface area contributed by atoms with Crippen molar-refractivity contribution in [3.05, 3.63) is 47.7 Å². The fraction of sp³-hybridized carbons (Fsp3) is 0.267. The second-order valence-electron chi connectivity index (χ2n) is 4.66. The minimum absolute atomic E-state index is 0.272. The lowest BCUT2D eigenvalue weighted by Gasteiger charge is -2.09. The molecular formula is C15H15FN4OS. The number of fused-ring (bicyclic) bond motifs is 1. The molecule has 1 aromatic carbocycles. The molecule has 114 valence electrons. The maximum absolute atomic E-state index is 13.4. The Bertz CT molecular complexity index is 805. The van der Waals surface area contributed by atoms with Crippen molar-refractivity contribution >= 4 is 17.5 Å². The molecule has 2 heterocycles. The van der Waals surface area contributed by atoms with Crippen LogP contribution in [0.2, 0.25) is 0 Å². The Hall–Kier alpha value is -2.15. The van der Waals surface area contributed by atoms with E-state index in [1.807, 2.05) is 13.0 Å². The zero-order chi connectivity index (χ0) is 15.5. The number of halogens is 1. The molecule has 0 atom stereocenters. The van der Waals surface area contributed by atoms with Gasteiger partial charge in [-0.3, -0.25) is 0 Å². The average molecular weight is 318 g/mol. The molecule has 0 spiro atoms. The maximum atomic E-state index is 13.4. The highest BCUT2D eigenvalue weighted by Crippen LogP contribution is 2.28. The summed E-state index contributed by atoms with van der Waals surface area (Å²) in [5.41, 5.74) is 1.75. The summed E-state index contributed by atoms with van der Waals surface area (Å²) in [6.45, 7) is 2.04. The van der Waals surface area contributed by atoms with E-state index in [1.54, 1.807) is 29.5 Å². The Kier molecular flexibility index (Phi) is 4.24. The number of ether oxygens (including phenoxy) is 1. The Labute approximate surface area is 131 Å². The molecule has 3 aromatic rings. The summed E-state index contributed by atoms with van der Waals surface area (Å²) in [4.78, 5) is 8.54. The second kappa shape index (κ2) is 6.31. The average Bonchev–Trinajstić information content (AvgIpc) is 3.01. The van der Waals surface area contributed by atoms with Crippen LogP contribution in [0.15, 0.2) is 35.6 Å². The third kappa shape index (κ3) is 2.89. The van der Waals surface area contributed by atoms with Gasteiger partial charge in [-0.15, -0.1) is 11.8 Å². The van der Waals surface area contributed by atoms with Crippen molar-refractivity contribution in [3.8, 4) is 5.75 Å². The minimum Gasteiger partial charge on any atom is -0.496 e. The number of aryl methyl sites for hydroxylation is 1. The van der Waals surface area contributed by atoms with E-state index in [-0.39, 0.29) is 5.82 Å². The summed E-state index contributed by atoms with van der Waals surface area (Å²) in [7, 11) is 1.58. The first-order valence-corrected chi connectivity index (χ1v) is 7.84. The van der Waals surface area contributed by atoms with Crippen molar-refractivity contribution in [2.45, 2.75) is 24.1 Å². The summed E-state index contributed by atoms with van der Waals surface area (Å²) in [5, 5.41) is 5.11. The number of hydrogen-bond donors (Lipinski definition) is 0. The molecule has 0 saturated carbocycles. The lowest BCUT2D eigenvalue weighted by atomic mass is 10.2. The Morgan fingerprint density at radius 3 is 2.95 bits per heavy atom. The maximum Gasteiger partial charge on any atom is 0.253 e. The van der Waals surface area contributed by atoms with Crippen LogP contribution in [-0.4, -0.2) is 26.7 Å². The fourth-order valence-electron chi connectivity index (χ4n) is 2.13. The van der Waals surface area contributed by atoms with Crippen LogP contribution in [0.5, 0.6) is 5.75 Å². The van der Waals surface area contributed by atoms with E-state index in [2.05, 4.69) is 15.1 Å². The van der Waals surface area contributed by atoms with Gasteiger partial charge in [0.1, 0.15) is 22.9 Å². The molecule has 0 saturated heterocycles. The van der Waals surface area contributed by atoms with E-state index >= 15 is 0 Å². The van der Waals surface area contributed by atoms with Crippen molar-refractivity contribution in [2.75, 3.05) is 7.11 Å². The monoisotopic (exact) mass is 318 g/mol. The van der Waals surface area contributed by atoms with Gasteiger partial charge in [0, 0.05) is 17.0 Å². The van der Waals surface area contributed by atoms with E-state index in [4.69, 9.17) is 4.74 Å². The van der Waals surface area contributed by atoms with Crippen LogP contribution in [0.4, 0.5) is 4.39 Å². The lowest BCUT2D eigenvalue weighted by molar-refractivity contribution is 0.410. The molecule has 0 radical (unpaired) electrons. The number of methoxy groups -OCH3 is 1. The molecule has 0 N–H and O–H groups in total. The third-order valence-electron chi connectivity index (χ3n) is 3.25. The van der Waals surface area contributed by atoms with Crippen LogP contribution in [0, 0.1) is 5.82 Å². The van der Waals surface area contributed by atoms with Crippen molar-refractivity contribution in [1.82, 2.24) is 19.6 Å². The lowest BCUT2D eigenvalue weighted by Crippen LogP contribution is -2.00. The summed E-state index contributed by atoms with van der Waals surface area (Å²) in [6.07, 6.45) is 2.30. The van der Waals surface area contributed by atoms with E-state index in [0.29, 0.717) is 17.3 Å². The first-order valence-electron chi connectivity index (χ1n) is 6.86. The molecule has 0 aliphatic heterocycles. The van der Waals surface area contributed by atoms with Gasteiger partial charge in [-0.25, -0.2) is 9.37 Å². The molecule has 7 heteroatoms. The molecule has 0 unspecified atom stereocenters. The number of thioether (sulfide) groups is 1. The molecule has 0 aliphatic carbocycles. The smallest absolute Gasteiger partial charge is 0.253 e. The second-order valence-corrected chi connectivity index (χ2v) is 5.65. The Balaban J connectivity index is 1.91. The van der Waals surface area contributed by atoms with E-state index < -0.39 is 0 Å². The molecule has 3 rings (SSSR count). The van der Waals surface area contributed by atoms with Gasteiger partial charge in [0.2, 0.25) is 0 Å². The number of nitrogens with zero attached hydrogens (tertiary/aromatic N) is 4. The van der Waals surface area contributed by atoms with Gasteiger partial charge < -0.3 is 4.74 Å². The first-order chi connectivity index (χ1) is 10.7. The van der Waals surface area contributed by atoms with Crippen LogP contribution in [0.3, 0.4) is 0 Å². The highest BCUT2D eigenvalue weighted by molar-refractivity contribution is 7.98. The summed E-state index contributed by atoms with van der Waals surface area (Å²) >= 11 is 1.55.